The molecule has 2 rings (SSSR count). The number of aliphatic hydroxyl groups excluding tert-OH is 1. The number of aliphatic hydroxyl groups is 1. The Morgan fingerprint density at radius 1 is 1.21 bits per heavy atom. The number of hydrogen-bond donors (Lipinski definition) is 1. The van der Waals surface area contributed by atoms with Gasteiger partial charge >= 0.3 is 0 Å². The fourth-order valence-electron chi connectivity index (χ4n) is 1.64. The normalized spacial score (nSPS) is 12.2. The van der Waals surface area contributed by atoms with Crippen LogP contribution in [-0.4, -0.2) is 5.11 Å². The van der Waals surface area contributed by atoms with E-state index in [-0.39, 0.29) is 5.75 Å². The van der Waals surface area contributed by atoms with Gasteiger partial charge in [0, 0.05) is 4.47 Å². The maximum absolute atomic E-state index is 13.7. The van der Waals surface area contributed by atoms with E-state index >= 15 is 0 Å². The Balaban J connectivity index is 2.05. The number of ether oxygens (including phenoxy) is 1. The molecule has 0 saturated carbocycles. The minimum absolute atomic E-state index is 0.187. The van der Waals surface area contributed by atoms with Gasteiger partial charge in [0.2, 0.25) is 0 Å². The van der Waals surface area contributed by atoms with Crippen molar-refractivity contribution in [2.75, 3.05) is 0 Å². The smallest absolute Gasteiger partial charge is 0.165 e. The van der Waals surface area contributed by atoms with E-state index in [9.17, 15) is 9.50 Å². The van der Waals surface area contributed by atoms with Crippen LogP contribution in [-0.2, 0) is 6.61 Å². The molecule has 2 nitrogen and oxygen atoms in total. The van der Waals surface area contributed by atoms with Crippen LogP contribution in [0.3, 0.4) is 0 Å². The van der Waals surface area contributed by atoms with Crippen LogP contribution < -0.4 is 4.74 Å². The Hall–Kier alpha value is -1.39. The second-order valence-electron chi connectivity index (χ2n) is 4.28. The Kier molecular flexibility index (Phi) is 4.56. The predicted octanol–water partition coefficient (Wildman–Crippen LogP) is 4.22. The highest BCUT2D eigenvalue weighted by molar-refractivity contribution is 9.10. The van der Waals surface area contributed by atoms with Crippen molar-refractivity contribution in [1.82, 2.24) is 0 Å². The number of halogens is 2. The zero-order chi connectivity index (χ0) is 13.8. The van der Waals surface area contributed by atoms with Gasteiger partial charge in [-0.2, -0.15) is 0 Å². The molecule has 1 N–H and O–H groups in total. The van der Waals surface area contributed by atoms with Gasteiger partial charge in [-0.1, -0.05) is 34.1 Å². The molecule has 0 amide bonds. The van der Waals surface area contributed by atoms with Gasteiger partial charge in [-0.05, 0) is 42.3 Å². The molecule has 0 aromatic heterocycles. The lowest BCUT2D eigenvalue weighted by molar-refractivity contribution is 0.198. The van der Waals surface area contributed by atoms with Crippen LogP contribution in [0.2, 0.25) is 0 Å². The van der Waals surface area contributed by atoms with Crippen molar-refractivity contribution in [3.8, 4) is 5.75 Å². The number of benzene rings is 2. The first-order valence-electron chi connectivity index (χ1n) is 5.91. The summed E-state index contributed by atoms with van der Waals surface area (Å²) in [4.78, 5) is 0. The van der Waals surface area contributed by atoms with Crippen molar-refractivity contribution in [2.45, 2.75) is 19.6 Å². The van der Waals surface area contributed by atoms with Crippen LogP contribution >= 0.6 is 15.9 Å². The minimum atomic E-state index is -0.685. The average molecular weight is 325 g/mol. The van der Waals surface area contributed by atoms with Crippen LogP contribution in [0.1, 0.15) is 24.2 Å². The summed E-state index contributed by atoms with van der Waals surface area (Å²) in [6.07, 6.45) is -0.685. The molecule has 19 heavy (non-hydrogen) atoms. The molecule has 0 heterocycles. The highest BCUT2D eigenvalue weighted by Gasteiger charge is 2.08. The Morgan fingerprint density at radius 2 is 1.89 bits per heavy atom. The van der Waals surface area contributed by atoms with Crippen molar-refractivity contribution in [3.05, 3.63) is 63.9 Å². The van der Waals surface area contributed by atoms with E-state index in [4.69, 9.17) is 4.74 Å². The van der Waals surface area contributed by atoms with Gasteiger partial charge in [-0.15, -0.1) is 0 Å². The summed E-state index contributed by atoms with van der Waals surface area (Å²) in [5, 5.41) is 9.36. The molecule has 0 fully saturated rings. The van der Waals surface area contributed by atoms with E-state index < -0.39 is 11.9 Å². The second-order valence-corrected chi connectivity index (χ2v) is 5.20. The molecule has 2 aromatic carbocycles. The molecule has 4 heteroatoms. The molecule has 0 radical (unpaired) electrons. The van der Waals surface area contributed by atoms with E-state index in [1.807, 2.05) is 24.3 Å². The lowest BCUT2D eigenvalue weighted by Gasteiger charge is -2.10. The second kappa shape index (κ2) is 6.17. The minimum Gasteiger partial charge on any atom is -0.486 e. The van der Waals surface area contributed by atoms with Gasteiger partial charge in [0.1, 0.15) is 6.61 Å². The molecule has 0 saturated heterocycles. The van der Waals surface area contributed by atoms with E-state index in [0.29, 0.717) is 12.2 Å². The molecule has 100 valence electrons. The zero-order valence-electron chi connectivity index (χ0n) is 10.4. The predicted molar refractivity (Wildman–Crippen MR) is 75.5 cm³/mol. The maximum atomic E-state index is 13.7. The standard InChI is InChI=1S/C15H14BrFO2/c1-10(18)12-4-7-15(14(17)8-12)19-9-11-2-5-13(16)6-3-11/h2-8,10,18H,9H2,1H3/t10-/m1/s1. The zero-order valence-corrected chi connectivity index (χ0v) is 12.0. The average Bonchev–Trinajstić information content (AvgIpc) is 2.39. The topological polar surface area (TPSA) is 29.5 Å². The molecule has 0 aliphatic rings. The summed E-state index contributed by atoms with van der Waals surface area (Å²) < 4.78 is 20.1. The molecule has 0 bridgehead atoms. The van der Waals surface area contributed by atoms with Gasteiger partial charge in [-0.25, -0.2) is 4.39 Å². The fourth-order valence-corrected chi connectivity index (χ4v) is 1.90. The molecule has 2 aromatic rings. The molecular weight excluding hydrogens is 311 g/mol. The highest BCUT2D eigenvalue weighted by atomic mass is 79.9. The van der Waals surface area contributed by atoms with Crippen molar-refractivity contribution >= 4 is 15.9 Å². The number of hydrogen-bond acceptors (Lipinski definition) is 2. The Labute approximate surface area is 120 Å². The van der Waals surface area contributed by atoms with Gasteiger partial charge in [0.25, 0.3) is 0 Å². The molecular formula is C15H14BrFO2. The van der Waals surface area contributed by atoms with E-state index in [1.165, 1.54) is 12.1 Å². The summed E-state index contributed by atoms with van der Waals surface area (Å²) in [5.74, 6) is -0.275. The first-order valence-corrected chi connectivity index (χ1v) is 6.70. The third-order valence-electron chi connectivity index (χ3n) is 2.75. The van der Waals surface area contributed by atoms with Crippen molar-refractivity contribution in [2.24, 2.45) is 0 Å². The molecule has 0 unspecified atom stereocenters. The van der Waals surface area contributed by atoms with E-state index in [0.717, 1.165) is 10.0 Å². The summed E-state index contributed by atoms with van der Waals surface area (Å²) >= 11 is 3.35. The van der Waals surface area contributed by atoms with Crippen molar-refractivity contribution in [3.63, 3.8) is 0 Å². The van der Waals surface area contributed by atoms with Gasteiger partial charge < -0.3 is 9.84 Å². The molecule has 0 spiro atoms. The van der Waals surface area contributed by atoms with Gasteiger partial charge in [0.05, 0.1) is 6.10 Å². The third-order valence-corrected chi connectivity index (χ3v) is 3.27. The van der Waals surface area contributed by atoms with E-state index in [1.54, 1.807) is 13.0 Å². The van der Waals surface area contributed by atoms with Gasteiger partial charge in [0.15, 0.2) is 11.6 Å². The lowest BCUT2D eigenvalue weighted by atomic mass is 10.1. The SMILES string of the molecule is C[C@@H](O)c1ccc(OCc2ccc(Br)cc2)c(F)c1. The summed E-state index contributed by atoms with van der Waals surface area (Å²) in [6.45, 7) is 1.90. The third kappa shape index (κ3) is 3.78. The fraction of sp³-hybridized carbons (Fsp3) is 0.200. The quantitative estimate of drug-likeness (QED) is 0.912. The first kappa shape index (κ1) is 14.0. The highest BCUT2D eigenvalue weighted by Crippen LogP contribution is 2.23. The van der Waals surface area contributed by atoms with Crippen LogP contribution in [0, 0.1) is 5.82 Å². The largest absolute Gasteiger partial charge is 0.486 e. The van der Waals surface area contributed by atoms with Gasteiger partial charge in [-0.3, -0.25) is 0 Å². The van der Waals surface area contributed by atoms with Crippen molar-refractivity contribution < 1.29 is 14.2 Å². The molecule has 0 aliphatic carbocycles. The van der Waals surface area contributed by atoms with E-state index in [2.05, 4.69) is 15.9 Å². The maximum Gasteiger partial charge on any atom is 0.165 e. The Morgan fingerprint density at radius 3 is 2.47 bits per heavy atom. The lowest BCUT2D eigenvalue weighted by Crippen LogP contribution is -1.99. The summed E-state index contributed by atoms with van der Waals surface area (Å²) in [5.41, 5.74) is 1.50. The van der Waals surface area contributed by atoms with Crippen LogP contribution in [0.4, 0.5) is 4.39 Å². The summed E-state index contributed by atoms with van der Waals surface area (Å²) in [6, 6.07) is 12.1. The monoisotopic (exact) mass is 324 g/mol. The molecule has 1 atom stereocenters. The molecule has 0 aliphatic heterocycles. The number of rotatable bonds is 4. The van der Waals surface area contributed by atoms with Crippen LogP contribution in [0.5, 0.6) is 5.75 Å². The van der Waals surface area contributed by atoms with Crippen molar-refractivity contribution in [1.29, 1.82) is 0 Å². The van der Waals surface area contributed by atoms with Crippen LogP contribution in [0.25, 0.3) is 0 Å². The Bertz CT molecular complexity index is 553. The van der Waals surface area contributed by atoms with Crippen LogP contribution in [0.15, 0.2) is 46.9 Å². The first-order chi connectivity index (χ1) is 9.06. The summed E-state index contributed by atoms with van der Waals surface area (Å²) in [7, 11) is 0.